The van der Waals surface area contributed by atoms with Gasteiger partial charge in [0.15, 0.2) is 0 Å². The van der Waals surface area contributed by atoms with Gasteiger partial charge in [0.2, 0.25) is 5.91 Å². The van der Waals surface area contributed by atoms with Crippen LogP contribution >= 0.6 is 40.7 Å². The second-order valence-electron chi connectivity index (χ2n) is 5.84. The summed E-state index contributed by atoms with van der Waals surface area (Å²) in [7, 11) is 2.11. The van der Waals surface area contributed by atoms with Crippen molar-refractivity contribution in [2.45, 2.75) is 18.9 Å². The van der Waals surface area contributed by atoms with Gasteiger partial charge in [-0.3, -0.25) is 4.79 Å². The smallest absolute Gasteiger partial charge is 0.244 e. The van der Waals surface area contributed by atoms with E-state index < -0.39 is 5.54 Å². The number of likely N-dealkylation sites (tertiary alicyclic amines) is 1. The minimum Gasteiger partial charge on any atom is -0.354 e. The summed E-state index contributed by atoms with van der Waals surface area (Å²) in [5, 5.41) is 3.00. The highest BCUT2D eigenvalue weighted by molar-refractivity contribution is 9.10. The van der Waals surface area contributed by atoms with Crippen molar-refractivity contribution in [2.75, 3.05) is 26.7 Å². The number of nitrogens with one attached hydrogen (secondary N) is 1. The van der Waals surface area contributed by atoms with E-state index in [1.807, 2.05) is 24.3 Å². The number of halogens is 3. The van der Waals surface area contributed by atoms with E-state index in [2.05, 4.69) is 33.2 Å². The fourth-order valence-electron chi connectivity index (χ4n) is 2.54. The Morgan fingerprint density at radius 2 is 2.00 bits per heavy atom. The Hall–Kier alpha value is -0.330. The molecular formula is C15H24BrCl2N3O. The van der Waals surface area contributed by atoms with Gasteiger partial charge in [0, 0.05) is 17.6 Å². The molecule has 1 aliphatic heterocycles. The zero-order valence-corrected chi connectivity index (χ0v) is 16.1. The molecule has 1 aromatic carbocycles. The second kappa shape index (κ2) is 9.08. The van der Waals surface area contributed by atoms with Crippen molar-refractivity contribution >= 4 is 46.7 Å². The summed E-state index contributed by atoms with van der Waals surface area (Å²) in [6.45, 7) is 4.60. The fourth-order valence-corrected chi connectivity index (χ4v) is 2.81. The molecule has 1 amide bonds. The van der Waals surface area contributed by atoms with Crippen LogP contribution in [0.4, 0.5) is 0 Å². The first kappa shape index (κ1) is 21.7. The highest BCUT2D eigenvalue weighted by Gasteiger charge is 2.31. The Labute approximate surface area is 153 Å². The van der Waals surface area contributed by atoms with Crippen LogP contribution in [0, 0.1) is 5.92 Å². The van der Waals surface area contributed by atoms with Crippen molar-refractivity contribution in [3.63, 3.8) is 0 Å². The normalized spacial score (nSPS) is 20.5. The third-order valence-electron chi connectivity index (χ3n) is 3.96. The van der Waals surface area contributed by atoms with Crippen molar-refractivity contribution in [3.05, 3.63) is 34.3 Å². The van der Waals surface area contributed by atoms with Gasteiger partial charge in [0.25, 0.3) is 0 Å². The molecule has 1 aromatic rings. The molecule has 22 heavy (non-hydrogen) atoms. The Bertz CT molecular complexity index is 482. The average Bonchev–Trinajstić information content (AvgIpc) is 2.82. The van der Waals surface area contributed by atoms with Gasteiger partial charge in [-0.25, -0.2) is 0 Å². The number of benzene rings is 1. The molecule has 126 valence electrons. The summed E-state index contributed by atoms with van der Waals surface area (Å²) in [5.41, 5.74) is 6.03. The zero-order valence-electron chi connectivity index (χ0n) is 12.8. The summed E-state index contributed by atoms with van der Waals surface area (Å²) >= 11 is 3.38. The molecule has 1 fully saturated rings. The van der Waals surface area contributed by atoms with Crippen LogP contribution in [0.5, 0.6) is 0 Å². The number of hydrogen-bond acceptors (Lipinski definition) is 3. The summed E-state index contributed by atoms with van der Waals surface area (Å²) in [6, 6.07) is 7.57. The number of amides is 1. The first-order valence-electron chi connectivity index (χ1n) is 6.91. The molecule has 0 radical (unpaired) electrons. The molecule has 1 saturated heterocycles. The van der Waals surface area contributed by atoms with Crippen LogP contribution in [0.25, 0.3) is 0 Å². The lowest BCUT2D eigenvalue weighted by Gasteiger charge is -2.25. The quantitative estimate of drug-likeness (QED) is 0.798. The molecule has 2 rings (SSSR count). The van der Waals surface area contributed by atoms with Gasteiger partial charge in [-0.1, -0.05) is 28.1 Å². The number of hydrogen-bond donors (Lipinski definition) is 2. The van der Waals surface area contributed by atoms with Gasteiger partial charge in [-0.2, -0.15) is 0 Å². The van der Waals surface area contributed by atoms with Gasteiger partial charge < -0.3 is 16.0 Å². The molecule has 2 unspecified atom stereocenters. The SMILES string of the molecule is CN1CCC(CNC(=O)C(C)(N)c2ccc(Br)cc2)C1.Cl.Cl. The van der Waals surface area contributed by atoms with E-state index in [9.17, 15) is 4.79 Å². The lowest BCUT2D eigenvalue weighted by Crippen LogP contribution is -2.50. The number of rotatable bonds is 4. The van der Waals surface area contributed by atoms with Crippen molar-refractivity contribution < 1.29 is 4.79 Å². The van der Waals surface area contributed by atoms with E-state index in [4.69, 9.17) is 5.73 Å². The molecule has 1 heterocycles. The molecule has 2 atom stereocenters. The Morgan fingerprint density at radius 1 is 1.41 bits per heavy atom. The first-order chi connectivity index (χ1) is 9.39. The third-order valence-corrected chi connectivity index (χ3v) is 4.48. The Kier molecular flexibility index (Phi) is 8.95. The maximum atomic E-state index is 12.3. The molecule has 3 N–H and O–H groups in total. The first-order valence-corrected chi connectivity index (χ1v) is 7.70. The van der Waals surface area contributed by atoms with Gasteiger partial charge in [-0.15, -0.1) is 24.8 Å². The third kappa shape index (κ3) is 5.39. The van der Waals surface area contributed by atoms with Crippen molar-refractivity contribution in [1.29, 1.82) is 0 Å². The van der Waals surface area contributed by atoms with Gasteiger partial charge in [-0.05, 0) is 50.6 Å². The molecule has 4 nitrogen and oxygen atoms in total. The highest BCUT2D eigenvalue weighted by atomic mass is 79.9. The molecule has 0 aromatic heterocycles. The molecular weight excluding hydrogens is 389 g/mol. The fraction of sp³-hybridized carbons (Fsp3) is 0.533. The summed E-state index contributed by atoms with van der Waals surface area (Å²) in [6.07, 6.45) is 1.14. The van der Waals surface area contributed by atoms with Crippen molar-refractivity contribution in [2.24, 2.45) is 11.7 Å². The number of nitrogens with two attached hydrogens (primary N) is 1. The molecule has 0 bridgehead atoms. The van der Waals surface area contributed by atoms with Crippen LogP contribution in [-0.2, 0) is 10.3 Å². The Morgan fingerprint density at radius 3 is 2.50 bits per heavy atom. The van der Waals surface area contributed by atoms with E-state index in [0.29, 0.717) is 12.5 Å². The molecule has 7 heteroatoms. The number of carbonyl (C=O) groups is 1. The van der Waals surface area contributed by atoms with E-state index >= 15 is 0 Å². The minimum absolute atomic E-state index is 0. The van der Waals surface area contributed by atoms with Crippen LogP contribution in [0.1, 0.15) is 18.9 Å². The topological polar surface area (TPSA) is 58.4 Å². The molecule has 1 aliphatic rings. The summed E-state index contributed by atoms with van der Waals surface area (Å²) < 4.78 is 0.978. The maximum absolute atomic E-state index is 12.3. The van der Waals surface area contributed by atoms with Crippen molar-refractivity contribution in [1.82, 2.24) is 10.2 Å². The largest absolute Gasteiger partial charge is 0.354 e. The van der Waals surface area contributed by atoms with E-state index in [-0.39, 0.29) is 30.7 Å². The monoisotopic (exact) mass is 411 g/mol. The average molecular weight is 413 g/mol. The maximum Gasteiger partial charge on any atom is 0.244 e. The minimum atomic E-state index is -0.995. The predicted molar refractivity (Wildman–Crippen MR) is 98.8 cm³/mol. The van der Waals surface area contributed by atoms with Crippen LogP contribution in [0.15, 0.2) is 28.7 Å². The number of nitrogens with zero attached hydrogens (tertiary/aromatic N) is 1. The molecule has 0 aliphatic carbocycles. The van der Waals surface area contributed by atoms with Gasteiger partial charge in [0.1, 0.15) is 5.54 Å². The van der Waals surface area contributed by atoms with Gasteiger partial charge >= 0.3 is 0 Å². The Balaban J connectivity index is 0.00000220. The predicted octanol–water partition coefficient (Wildman–Crippen LogP) is 2.53. The van der Waals surface area contributed by atoms with Gasteiger partial charge in [0.05, 0.1) is 0 Å². The van der Waals surface area contributed by atoms with Crippen LogP contribution in [0.3, 0.4) is 0 Å². The molecule has 0 saturated carbocycles. The summed E-state index contributed by atoms with van der Waals surface area (Å²) in [5.74, 6) is 0.416. The highest BCUT2D eigenvalue weighted by Crippen LogP contribution is 2.21. The summed E-state index contributed by atoms with van der Waals surface area (Å²) in [4.78, 5) is 14.6. The second-order valence-corrected chi connectivity index (χ2v) is 6.75. The lowest BCUT2D eigenvalue weighted by molar-refractivity contribution is -0.126. The molecule has 0 spiro atoms. The van der Waals surface area contributed by atoms with E-state index in [1.54, 1.807) is 6.92 Å². The van der Waals surface area contributed by atoms with Crippen LogP contribution < -0.4 is 11.1 Å². The van der Waals surface area contributed by atoms with E-state index in [0.717, 1.165) is 29.5 Å². The zero-order chi connectivity index (χ0) is 14.8. The van der Waals surface area contributed by atoms with Crippen LogP contribution in [-0.4, -0.2) is 37.5 Å². The number of carbonyl (C=O) groups excluding carboxylic acids is 1. The van der Waals surface area contributed by atoms with E-state index in [1.165, 1.54) is 0 Å². The lowest BCUT2D eigenvalue weighted by atomic mass is 9.92. The van der Waals surface area contributed by atoms with Crippen molar-refractivity contribution in [3.8, 4) is 0 Å². The standard InChI is InChI=1S/C15H22BrN3O.2ClH/c1-15(17,12-3-5-13(16)6-4-12)14(20)18-9-11-7-8-19(2)10-11;;/h3-6,11H,7-10,17H2,1-2H3,(H,18,20);2*1H. The van der Waals surface area contributed by atoms with Crippen LogP contribution in [0.2, 0.25) is 0 Å².